The van der Waals surface area contributed by atoms with Crippen molar-refractivity contribution < 1.29 is 29.0 Å². The molecule has 0 aromatic heterocycles. The van der Waals surface area contributed by atoms with E-state index in [-0.39, 0.29) is 48.9 Å². The van der Waals surface area contributed by atoms with Gasteiger partial charge in [0.1, 0.15) is 5.75 Å². The monoisotopic (exact) mass is 795 g/mol. The van der Waals surface area contributed by atoms with E-state index in [1.807, 2.05) is 84.9 Å². The Balaban J connectivity index is 1.28. The van der Waals surface area contributed by atoms with E-state index < -0.39 is 19.8 Å². The fourth-order valence-corrected chi connectivity index (χ4v) is 13.5. The first kappa shape index (κ1) is 37.0. The predicted octanol–water partition coefficient (Wildman–Crippen LogP) is 6.89. The van der Waals surface area contributed by atoms with E-state index in [0.717, 1.165) is 52.0 Å². The number of likely N-dealkylation sites (tertiary alicyclic amines) is 1. The number of anilines is 3. The minimum atomic E-state index is -2.47. The Labute approximate surface area is 320 Å². The van der Waals surface area contributed by atoms with E-state index in [0.29, 0.717) is 12.2 Å². The zero-order valence-corrected chi connectivity index (χ0v) is 33.2. The summed E-state index contributed by atoms with van der Waals surface area (Å²) in [5.41, 5.74) is 2.41. The van der Waals surface area contributed by atoms with Gasteiger partial charge in [-0.15, -0.1) is 0 Å². The molecule has 3 amide bonds. The molecule has 0 radical (unpaired) electrons. The summed E-state index contributed by atoms with van der Waals surface area (Å²) in [5, 5.41) is 11.3. The van der Waals surface area contributed by atoms with E-state index in [1.165, 1.54) is 5.19 Å². The Bertz CT molecular complexity index is 1990. The average Bonchev–Trinajstić information content (AvgIpc) is 3.83. The molecule has 53 heavy (non-hydrogen) atoms. The first-order chi connectivity index (χ1) is 25.5. The summed E-state index contributed by atoms with van der Waals surface area (Å²) >= 11 is 3.69. The summed E-state index contributed by atoms with van der Waals surface area (Å²) in [5.74, 6) is 0.280. The van der Waals surface area contributed by atoms with Crippen LogP contribution in [0.2, 0.25) is 18.6 Å². The van der Waals surface area contributed by atoms with Crippen LogP contribution >= 0.6 is 15.9 Å². The van der Waals surface area contributed by atoms with Crippen molar-refractivity contribution in [3.8, 4) is 5.75 Å². The molecule has 11 heteroatoms. The number of carbonyl (C=O) groups is 3. The molecule has 0 saturated carbocycles. The van der Waals surface area contributed by atoms with Gasteiger partial charge in [0, 0.05) is 33.9 Å². The number of benzene rings is 4. The minimum absolute atomic E-state index is 0.0490. The maximum Gasteiger partial charge on any atom is 0.264 e. The number of para-hydroxylation sites is 1. The number of fused-ring (bicyclic) bond motifs is 2. The lowest BCUT2D eigenvalue weighted by atomic mass is 9.82. The predicted molar refractivity (Wildman–Crippen MR) is 212 cm³/mol. The molecular weight excluding hydrogens is 750 g/mol. The Morgan fingerprint density at radius 2 is 1.77 bits per heavy atom. The molecule has 3 heterocycles. The first-order valence-electron chi connectivity index (χ1n) is 18.3. The van der Waals surface area contributed by atoms with Crippen LogP contribution in [0.4, 0.5) is 17.1 Å². The quantitative estimate of drug-likeness (QED) is 0.131. The summed E-state index contributed by atoms with van der Waals surface area (Å²) in [6, 6.07) is 31.0. The van der Waals surface area contributed by atoms with Gasteiger partial charge in [-0.3, -0.25) is 19.3 Å². The number of amides is 3. The number of nitrogens with zero attached hydrogens (tertiary/aromatic N) is 3. The number of methoxy groups -OCH3 is 1. The van der Waals surface area contributed by atoms with Gasteiger partial charge in [-0.1, -0.05) is 83.6 Å². The van der Waals surface area contributed by atoms with Gasteiger partial charge >= 0.3 is 0 Å². The molecule has 9 nitrogen and oxygen atoms in total. The smallest absolute Gasteiger partial charge is 0.264 e. The number of halogens is 1. The Kier molecular flexibility index (Phi) is 10.4. The third kappa shape index (κ3) is 6.51. The van der Waals surface area contributed by atoms with Crippen LogP contribution in [0, 0.1) is 5.92 Å². The molecule has 0 aliphatic carbocycles. The van der Waals surface area contributed by atoms with Crippen LogP contribution in [0.1, 0.15) is 37.3 Å². The van der Waals surface area contributed by atoms with Gasteiger partial charge in [-0.25, -0.2) is 0 Å². The Morgan fingerprint density at radius 3 is 2.47 bits per heavy atom. The van der Waals surface area contributed by atoms with Gasteiger partial charge in [0.2, 0.25) is 12.3 Å². The number of hydrogen-bond acceptors (Lipinski definition) is 6. The van der Waals surface area contributed by atoms with Crippen molar-refractivity contribution in [2.75, 3.05) is 30.1 Å². The number of hydrogen-bond donors (Lipinski definition) is 1. The van der Waals surface area contributed by atoms with Gasteiger partial charge in [-0.2, -0.15) is 0 Å². The second-order valence-electron chi connectivity index (χ2n) is 15.0. The maximum absolute atomic E-state index is 15.3. The summed E-state index contributed by atoms with van der Waals surface area (Å²) in [6.45, 7) is 7.53. The van der Waals surface area contributed by atoms with Crippen LogP contribution in [0.25, 0.3) is 0 Å². The topological polar surface area (TPSA) is 99.6 Å². The molecule has 4 aromatic rings. The van der Waals surface area contributed by atoms with Crippen LogP contribution in [0.3, 0.4) is 0 Å². The van der Waals surface area contributed by atoms with E-state index in [4.69, 9.17) is 9.47 Å². The summed E-state index contributed by atoms with van der Waals surface area (Å²) < 4.78 is 13.5. The summed E-state index contributed by atoms with van der Waals surface area (Å²) in [6.07, 6.45) is 2.01. The third-order valence-electron chi connectivity index (χ3n) is 11.8. The molecule has 3 aliphatic heterocycles. The zero-order valence-electron chi connectivity index (χ0n) is 30.6. The largest absolute Gasteiger partial charge is 0.497 e. The Hall–Kier alpha value is -4.29. The second-order valence-corrected chi connectivity index (χ2v) is 20.6. The normalized spacial score (nSPS) is 23.8. The molecule has 3 aliphatic rings. The molecule has 2 fully saturated rings. The number of rotatable bonds is 11. The van der Waals surface area contributed by atoms with Crippen molar-refractivity contribution >= 4 is 64.5 Å². The van der Waals surface area contributed by atoms with Crippen molar-refractivity contribution in [1.82, 2.24) is 4.90 Å². The highest BCUT2D eigenvalue weighted by molar-refractivity contribution is 9.10. The molecule has 7 rings (SSSR count). The van der Waals surface area contributed by atoms with E-state index >= 15 is 4.79 Å². The van der Waals surface area contributed by atoms with Gasteiger partial charge in [0.25, 0.3) is 5.91 Å². The van der Waals surface area contributed by atoms with E-state index in [1.54, 1.807) is 21.8 Å². The van der Waals surface area contributed by atoms with Gasteiger partial charge in [-0.05, 0) is 78.5 Å². The SMILES string of the molecule is COc1ccc([Si](C)(C)[C@H]2[C@H](CC(=O)N3CCC[C@H]3CO)O[C@@]3(C(=O)N(Cc4cccc(N(C=O)c5ccccc5)c4)c4ccc(Br)cc43)[C@@H]2C)cc1. The Morgan fingerprint density at radius 1 is 1.04 bits per heavy atom. The highest BCUT2D eigenvalue weighted by atomic mass is 79.9. The molecule has 2 saturated heterocycles. The van der Waals surface area contributed by atoms with E-state index in [9.17, 15) is 14.7 Å². The number of aliphatic hydroxyl groups excluding tert-OH is 1. The van der Waals surface area contributed by atoms with Crippen molar-refractivity contribution in [2.45, 2.75) is 69.1 Å². The minimum Gasteiger partial charge on any atom is -0.497 e. The molecule has 1 spiro atoms. The van der Waals surface area contributed by atoms with Crippen molar-refractivity contribution in [3.05, 3.63) is 113 Å². The van der Waals surface area contributed by atoms with Crippen molar-refractivity contribution in [3.63, 3.8) is 0 Å². The second kappa shape index (κ2) is 14.9. The third-order valence-corrected chi connectivity index (χ3v) is 16.6. The molecule has 5 atom stereocenters. The van der Waals surface area contributed by atoms with Crippen LogP contribution in [-0.4, -0.2) is 68.7 Å². The van der Waals surface area contributed by atoms with Crippen LogP contribution in [-0.2, 0) is 31.3 Å². The molecule has 0 unspecified atom stereocenters. The van der Waals surface area contributed by atoms with E-state index in [2.05, 4.69) is 48.1 Å². The van der Waals surface area contributed by atoms with Crippen LogP contribution < -0.4 is 19.7 Å². The lowest BCUT2D eigenvalue weighted by molar-refractivity contribution is -0.150. The molecular formula is C42H46BrN3O6Si. The van der Waals surface area contributed by atoms with Crippen LogP contribution in [0.15, 0.2) is 102 Å². The fourth-order valence-electron chi connectivity index (χ4n) is 9.13. The number of carbonyl (C=O) groups excluding carboxylic acids is 3. The van der Waals surface area contributed by atoms with Gasteiger partial charge in [0.05, 0.1) is 52.6 Å². The fraction of sp³-hybridized carbons (Fsp3) is 0.357. The highest BCUT2D eigenvalue weighted by Crippen LogP contribution is 2.60. The molecule has 4 aromatic carbocycles. The standard InChI is InChI=1S/C42H46BrN3O6Si/c1-28-40(53(3,4)35-18-16-34(51-2)17-19-35)38(24-39(49)44-21-9-14-33(44)26-47)52-42(28)36-23-30(43)15-20-37(36)45(41(42)50)25-29-10-8-13-32(22-29)46(27-48)31-11-6-5-7-12-31/h5-8,10-13,15-20,22-23,27-28,33,38,40,47H,9,14,21,24-26H2,1-4H3/t28-,33+,38+,40-,42+/m1/s1. The van der Waals surface area contributed by atoms with Gasteiger partial charge < -0.3 is 24.4 Å². The highest BCUT2D eigenvalue weighted by Gasteiger charge is 2.66. The lowest BCUT2D eigenvalue weighted by Gasteiger charge is -2.37. The van der Waals surface area contributed by atoms with Crippen molar-refractivity contribution in [2.24, 2.45) is 5.92 Å². The summed E-state index contributed by atoms with van der Waals surface area (Å²) in [7, 11) is -0.821. The van der Waals surface area contributed by atoms with Crippen molar-refractivity contribution in [1.29, 1.82) is 0 Å². The maximum atomic E-state index is 15.3. The average molecular weight is 797 g/mol. The number of ether oxygens (including phenoxy) is 2. The van der Waals surface area contributed by atoms with Gasteiger partial charge in [0.15, 0.2) is 5.60 Å². The molecule has 1 N–H and O–H groups in total. The first-order valence-corrected chi connectivity index (χ1v) is 22.1. The summed E-state index contributed by atoms with van der Waals surface area (Å²) in [4.78, 5) is 46.8. The lowest BCUT2D eigenvalue weighted by Crippen LogP contribution is -2.52. The molecule has 276 valence electrons. The van der Waals surface area contributed by atoms with Crippen LogP contribution in [0.5, 0.6) is 5.75 Å². The molecule has 0 bridgehead atoms. The number of aliphatic hydroxyl groups is 1. The zero-order chi connectivity index (χ0) is 37.5.